The number of ketones is 1. The van der Waals surface area contributed by atoms with E-state index in [1.807, 2.05) is 18.2 Å². The lowest BCUT2D eigenvalue weighted by Crippen LogP contribution is -2.39. The molecule has 1 fully saturated rings. The molecule has 158 valence electrons. The third-order valence-electron chi connectivity index (χ3n) is 5.82. The molecule has 7 heteroatoms. The number of fused-ring (bicyclic) bond motifs is 1. The minimum atomic E-state index is -1.01. The number of nitrogens with zero attached hydrogens (tertiary/aromatic N) is 3. The van der Waals surface area contributed by atoms with Gasteiger partial charge in [-0.2, -0.15) is 5.10 Å². The Kier molecular flexibility index (Phi) is 4.87. The summed E-state index contributed by atoms with van der Waals surface area (Å²) in [6.07, 6.45) is 0. The van der Waals surface area contributed by atoms with Crippen LogP contribution in [-0.4, -0.2) is 29.4 Å². The third kappa shape index (κ3) is 3.03. The average Bonchev–Trinajstić information content (AvgIpc) is 3.33. The molecule has 0 spiro atoms. The molecule has 2 atom stereocenters. The first-order chi connectivity index (χ1) is 15.5. The van der Waals surface area contributed by atoms with Gasteiger partial charge in [0.2, 0.25) is 11.7 Å². The molecule has 32 heavy (non-hydrogen) atoms. The summed E-state index contributed by atoms with van der Waals surface area (Å²) in [5.41, 5.74) is 2.14. The molecule has 0 N–H and O–H groups in total. The van der Waals surface area contributed by atoms with Gasteiger partial charge in [0.15, 0.2) is 0 Å². The first-order valence-corrected chi connectivity index (χ1v) is 10.5. The third-order valence-corrected chi connectivity index (χ3v) is 6.23. The fourth-order valence-electron chi connectivity index (χ4n) is 4.21. The van der Waals surface area contributed by atoms with Crippen molar-refractivity contribution in [3.8, 4) is 0 Å². The Morgan fingerprint density at radius 3 is 2.22 bits per heavy atom. The SMILES string of the molecule is Cc1c(Cl)cccc1N1C(=O)[C@H]2C(C(=O)c3ccccc3)=NN(c3ccccc3)[C@@H]2C1=O. The van der Waals surface area contributed by atoms with Crippen LogP contribution in [0.1, 0.15) is 15.9 Å². The number of carbonyl (C=O) groups is 3. The van der Waals surface area contributed by atoms with Crippen molar-refractivity contribution < 1.29 is 14.4 Å². The van der Waals surface area contributed by atoms with Gasteiger partial charge in [0, 0.05) is 10.6 Å². The molecular weight excluding hydrogens is 426 g/mol. The van der Waals surface area contributed by atoms with Crippen LogP contribution in [-0.2, 0) is 9.59 Å². The van der Waals surface area contributed by atoms with Crippen molar-refractivity contribution >= 4 is 46.3 Å². The summed E-state index contributed by atoms with van der Waals surface area (Å²) in [7, 11) is 0. The second-order valence-electron chi connectivity index (χ2n) is 7.68. The average molecular weight is 444 g/mol. The maximum Gasteiger partial charge on any atom is 0.259 e. The topological polar surface area (TPSA) is 70.1 Å². The second kappa shape index (κ2) is 7.73. The quantitative estimate of drug-likeness (QED) is 0.446. The number of amides is 2. The van der Waals surface area contributed by atoms with Gasteiger partial charge in [-0.3, -0.25) is 19.4 Å². The molecule has 2 heterocycles. The molecular formula is C25H18ClN3O3. The lowest BCUT2D eigenvalue weighted by atomic mass is 9.92. The summed E-state index contributed by atoms with van der Waals surface area (Å²) >= 11 is 6.25. The van der Waals surface area contributed by atoms with E-state index in [9.17, 15) is 14.4 Å². The highest BCUT2D eigenvalue weighted by Gasteiger charge is 2.58. The first kappa shape index (κ1) is 20.2. The van der Waals surface area contributed by atoms with E-state index >= 15 is 0 Å². The van der Waals surface area contributed by atoms with Crippen molar-refractivity contribution in [1.82, 2.24) is 0 Å². The van der Waals surface area contributed by atoms with Crippen molar-refractivity contribution in [3.05, 3.63) is 95.0 Å². The van der Waals surface area contributed by atoms with E-state index < -0.39 is 23.8 Å². The second-order valence-corrected chi connectivity index (χ2v) is 8.09. The Labute approximate surface area is 189 Å². The minimum absolute atomic E-state index is 0.0607. The molecule has 0 radical (unpaired) electrons. The highest BCUT2D eigenvalue weighted by Crippen LogP contribution is 2.40. The fourth-order valence-corrected chi connectivity index (χ4v) is 4.38. The lowest BCUT2D eigenvalue weighted by molar-refractivity contribution is -0.121. The number of halogens is 1. The molecule has 2 amide bonds. The number of rotatable bonds is 4. The molecule has 2 aliphatic rings. The Balaban J connectivity index is 1.64. The van der Waals surface area contributed by atoms with Crippen molar-refractivity contribution in [2.45, 2.75) is 13.0 Å². The van der Waals surface area contributed by atoms with E-state index in [-0.39, 0.29) is 11.5 Å². The van der Waals surface area contributed by atoms with Crippen LogP contribution < -0.4 is 9.91 Å². The Morgan fingerprint density at radius 2 is 1.53 bits per heavy atom. The van der Waals surface area contributed by atoms with Gasteiger partial charge in [0.05, 0.1) is 11.4 Å². The number of para-hydroxylation sites is 1. The molecule has 5 rings (SSSR count). The van der Waals surface area contributed by atoms with Crippen LogP contribution in [0.5, 0.6) is 0 Å². The number of Topliss-reactive ketones (excluding diaryl/α,β-unsaturated/α-hetero) is 1. The Bertz CT molecular complexity index is 1270. The van der Waals surface area contributed by atoms with Gasteiger partial charge in [-0.1, -0.05) is 66.2 Å². The van der Waals surface area contributed by atoms with Gasteiger partial charge < -0.3 is 0 Å². The number of hydrogen-bond acceptors (Lipinski definition) is 5. The lowest BCUT2D eigenvalue weighted by Gasteiger charge is -2.23. The van der Waals surface area contributed by atoms with E-state index in [1.54, 1.807) is 67.6 Å². The molecule has 3 aromatic rings. The maximum atomic E-state index is 13.6. The van der Waals surface area contributed by atoms with Crippen molar-refractivity contribution in [2.75, 3.05) is 9.91 Å². The van der Waals surface area contributed by atoms with E-state index in [1.165, 1.54) is 5.01 Å². The Hall–Kier alpha value is -3.77. The first-order valence-electron chi connectivity index (χ1n) is 10.1. The van der Waals surface area contributed by atoms with Crippen molar-refractivity contribution in [1.29, 1.82) is 0 Å². The van der Waals surface area contributed by atoms with E-state index in [0.717, 1.165) is 4.90 Å². The number of anilines is 2. The summed E-state index contributed by atoms with van der Waals surface area (Å²) in [6.45, 7) is 1.76. The van der Waals surface area contributed by atoms with E-state index in [2.05, 4.69) is 5.10 Å². The highest BCUT2D eigenvalue weighted by atomic mass is 35.5. The zero-order valence-corrected chi connectivity index (χ0v) is 17.9. The van der Waals surface area contributed by atoms with Gasteiger partial charge in [0.1, 0.15) is 17.7 Å². The number of hydrogen-bond donors (Lipinski definition) is 0. The fraction of sp³-hybridized carbons (Fsp3) is 0.120. The van der Waals surface area contributed by atoms with Crippen LogP contribution in [0.15, 0.2) is 84.0 Å². The largest absolute Gasteiger partial charge is 0.287 e. The van der Waals surface area contributed by atoms with Crippen LogP contribution in [0.2, 0.25) is 5.02 Å². The monoisotopic (exact) mass is 443 g/mol. The standard InChI is InChI=1S/C25H18ClN3O3/c1-15-18(26)13-8-14-19(15)28-24(31)20-21(23(30)16-9-4-2-5-10-16)27-29(22(20)25(28)32)17-11-6-3-7-12-17/h2-14,20,22H,1H3/t20-,22-/m0/s1. The molecule has 0 unspecified atom stereocenters. The van der Waals surface area contributed by atoms with E-state index in [0.29, 0.717) is 27.5 Å². The maximum absolute atomic E-state index is 13.6. The van der Waals surface area contributed by atoms with E-state index in [4.69, 9.17) is 11.6 Å². The number of hydrazone groups is 1. The van der Waals surface area contributed by atoms with Crippen LogP contribution in [0.3, 0.4) is 0 Å². The zero-order valence-electron chi connectivity index (χ0n) is 17.1. The predicted octanol–water partition coefficient (Wildman–Crippen LogP) is 4.27. The van der Waals surface area contributed by atoms with Crippen LogP contribution in [0.4, 0.5) is 11.4 Å². The summed E-state index contributed by atoms with van der Waals surface area (Å²) < 4.78 is 0. The minimum Gasteiger partial charge on any atom is -0.287 e. The summed E-state index contributed by atoms with van der Waals surface area (Å²) in [5.74, 6) is -2.29. The van der Waals surface area contributed by atoms with Crippen molar-refractivity contribution in [2.24, 2.45) is 11.0 Å². The van der Waals surface area contributed by atoms with Gasteiger partial charge in [-0.05, 0) is 36.8 Å². The van der Waals surface area contributed by atoms with Crippen LogP contribution >= 0.6 is 11.6 Å². The molecule has 1 saturated heterocycles. The number of imide groups is 1. The highest BCUT2D eigenvalue weighted by molar-refractivity contribution is 6.53. The molecule has 6 nitrogen and oxygen atoms in total. The molecule has 0 bridgehead atoms. The molecule has 3 aromatic carbocycles. The molecule has 0 aliphatic carbocycles. The van der Waals surface area contributed by atoms with Crippen LogP contribution in [0, 0.1) is 12.8 Å². The van der Waals surface area contributed by atoms with Crippen LogP contribution in [0.25, 0.3) is 0 Å². The normalized spacial score (nSPS) is 19.9. The molecule has 0 saturated carbocycles. The predicted molar refractivity (Wildman–Crippen MR) is 123 cm³/mol. The molecule has 2 aliphatic heterocycles. The summed E-state index contributed by atoms with van der Waals surface area (Å²) in [6, 6.07) is 21.9. The van der Waals surface area contributed by atoms with Crippen molar-refractivity contribution in [3.63, 3.8) is 0 Å². The zero-order chi connectivity index (χ0) is 22.4. The summed E-state index contributed by atoms with van der Waals surface area (Å²) in [5, 5.41) is 6.43. The van der Waals surface area contributed by atoms with Gasteiger partial charge in [-0.15, -0.1) is 0 Å². The van der Waals surface area contributed by atoms with Gasteiger partial charge in [0.25, 0.3) is 5.91 Å². The number of carbonyl (C=O) groups excluding carboxylic acids is 3. The smallest absolute Gasteiger partial charge is 0.259 e. The molecule has 0 aromatic heterocycles. The number of benzene rings is 3. The van der Waals surface area contributed by atoms with Gasteiger partial charge >= 0.3 is 0 Å². The summed E-state index contributed by atoms with van der Waals surface area (Å²) in [4.78, 5) is 41.6. The van der Waals surface area contributed by atoms with Gasteiger partial charge in [-0.25, -0.2) is 4.90 Å². The Morgan fingerprint density at radius 1 is 0.875 bits per heavy atom.